The van der Waals surface area contributed by atoms with Crippen LogP contribution in [0, 0.1) is 0 Å². The quantitative estimate of drug-likeness (QED) is 0.0875. The molecule has 4 rings (SSSR count). The predicted molar refractivity (Wildman–Crippen MR) is 209 cm³/mol. The van der Waals surface area contributed by atoms with E-state index >= 15 is 0 Å². The van der Waals surface area contributed by atoms with Gasteiger partial charge < -0.3 is 35.1 Å². The molecular weight excluding hydrogens is 716 g/mol. The molecule has 4 amide bonds. The number of likely N-dealkylation sites (tertiary alicyclic amines) is 1. The van der Waals surface area contributed by atoms with Gasteiger partial charge in [-0.05, 0) is 89.5 Å². The number of carbonyl (C=O) groups is 6. The minimum Gasteiger partial charge on any atom is -0.462 e. The van der Waals surface area contributed by atoms with Crippen molar-refractivity contribution in [3.05, 3.63) is 108 Å². The van der Waals surface area contributed by atoms with E-state index in [1.165, 1.54) is 4.90 Å². The van der Waals surface area contributed by atoms with Gasteiger partial charge in [0.05, 0.1) is 12.2 Å². The van der Waals surface area contributed by atoms with E-state index in [0.29, 0.717) is 43.4 Å². The minimum absolute atomic E-state index is 0.0666. The number of nitrogens with zero attached hydrogens (tertiary/aromatic N) is 1. The molecule has 1 fully saturated rings. The molecule has 56 heavy (non-hydrogen) atoms. The van der Waals surface area contributed by atoms with Gasteiger partial charge in [-0.1, -0.05) is 85.8 Å². The number of rotatable bonds is 17. The summed E-state index contributed by atoms with van der Waals surface area (Å²) < 4.78 is 16.4. The van der Waals surface area contributed by atoms with Gasteiger partial charge in [0.15, 0.2) is 0 Å². The zero-order valence-electron chi connectivity index (χ0n) is 32.9. The van der Waals surface area contributed by atoms with Crippen molar-refractivity contribution in [2.24, 2.45) is 0 Å². The van der Waals surface area contributed by atoms with Gasteiger partial charge in [0, 0.05) is 6.54 Å². The molecule has 3 aromatic rings. The fourth-order valence-corrected chi connectivity index (χ4v) is 6.15. The van der Waals surface area contributed by atoms with Crippen LogP contribution in [-0.4, -0.2) is 77.0 Å². The zero-order chi connectivity index (χ0) is 40.7. The largest absolute Gasteiger partial charge is 0.462 e. The molecule has 3 N–H and O–H groups in total. The molecule has 0 unspecified atom stereocenters. The molecule has 0 bridgehead atoms. The average Bonchev–Trinajstić information content (AvgIpc) is 3.69. The third-order valence-corrected chi connectivity index (χ3v) is 9.43. The molecule has 0 radical (unpaired) electrons. The molecule has 13 heteroatoms. The van der Waals surface area contributed by atoms with Crippen molar-refractivity contribution in [1.82, 2.24) is 20.9 Å². The van der Waals surface area contributed by atoms with E-state index in [2.05, 4.69) is 16.0 Å². The van der Waals surface area contributed by atoms with Crippen molar-refractivity contribution < 1.29 is 43.0 Å². The third-order valence-electron chi connectivity index (χ3n) is 9.43. The van der Waals surface area contributed by atoms with Gasteiger partial charge in [0.25, 0.3) is 5.91 Å². The van der Waals surface area contributed by atoms with Crippen molar-refractivity contribution in [1.29, 1.82) is 0 Å². The second-order valence-corrected chi connectivity index (χ2v) is 15.0. The highest BCUT2D eigenvalue weighted by molar-refractivity contribution is 5.97. The number of hydrogen-bond donors (Lipinski definition) is 3. The van der Waals surface area contributed by atoms with E-state index in [-0.39, 0.29) is 26.1 Å². The Hall–Kier alpha value is -5.72. The number of amides is 4. The smallest absolute Gasteiger partial charge is 0.408 e. The van der Waals surface area contributed by atoms with Crippen LogP contribution < -0.4 is 16.0 Å². The van der Waals surface area contributed by atoms with Gasteiger partial charge in [0.2, 0.25) is 11.8 Å². The van der Waals surface area contributed by atoms with Gasteiger partial charge in [-0.15, -0.1) is 0 Å². The summed E-state index contributed by atoms with van der Waals surface area (Å²) in [6, 6.07) is 23.4. The first-order chi connectivity index (χ1) is 26.7. The Morgan fingerprint density at radius 3 is 2.05 bits per heavy atom. The first kappa shape index (κ1) is 43.0. The van der Waals surface area contributed by atoms with Crippen molar-refractivity contribution in [3.8, 4) is 0 Å². The average molecular weight is 771 g/mol. The maximum Gasteiger partial charge on any atom is 0.408 e. The van der Waals surface area contributed by atoms with Gasteiger partial charge in [0.1, 0.15) is 35.9 Å². The number of ether oxygens (including phenoxy) is 3. The standard InChI is InChI=1S/C43H54N4O9/c1-6-43(5,46-36(48)33(44-41(53)56-42(2,3)4)25-16-17-28-54-38(50)32-23-14-9-15-24-32)40(52)45-35(31-21-12-8-13-22-31)37(49)47-27-18-26-34(47)39(51)55-29-30-19-10-7-11-20-30/h7-15,19-24,33-35H,6,16-18,25-29H2,1-5H3,(H,44,53)(H,45,52)(H,46,48)/t33-,34+,35-,43-/m0/s1. The molecule has 1 saturated heterocycles. The lowest BCUT2D eigenvalue weighted by Crippen LogP contribution is -2.61. The number of esters is 2. The van der Waals surface area contributed by atoms with Crippen molar-refractivity contribution >= 4 is 35.8 Å². The number of carbonyl (C=O) groups excluding carboxylic acids is 6. The highest BCUT2D eigenvalue weighted by Crippen LogP contribution is 2.26. The molecule has 0 aliphatic carbocycles. The number of benzene rings is 3. The second kappa shape index (κ2) is 20.3. The first-order valence-electron chi connectivity index (χ1n) is 19.1. The zero-order valence-corrected chi connectivity index (χ0v) is 32.9. The monoisotopic (exact) mass is 770 g/mol. The van der Waals surface area contributed by atoms with Crippen molar-refractivity contribution in [3.63, 3.8) is 0 Å². The molecule has 4 atom stereocenters. The van der Waals surface area contributed by atoms with Gasteiger partial charge in [-0.3, -0.25) is 14.4 Å². The van der Waals surface area contributed by atoms with Crippen LogP contribution in [0.5, 0.6) is 0 Å². The number of alkyl carbamates (subject to hydrolysis) is 1. The fraction of sp³-hybridized carbons (Fsp3) is 0.442. The Morgan fingerprint density at radius 2 is 1.43 bits per heavy atom. The summed E-state index contributed by atoms with van der Waals surface area (Å²) in [5, 5.41) is 8.30. The second-order valence-electron chi connectivity index (χ2n) is 15.0. The molecule has 0 aromatic heterocycles. The highest BCUT2D eigenvalue weighted by atomic mass is 16.6. The number of nitrogens with one attached hydrogen (secondary N) is 3. The van der Waals surface area contributed by atoms with E-state index in [0.717, 1.165) is 5.56 Å². The lowest BCUT2D eigenvalue weighted by molar-refractivity contribution is -0.155. The molecule has 1 aliphatic rings. The van der Waals surface area contributed by atoms with Crippen LogP contribution in [0.15, 0.2) is 91.0 Å². The van der Waals surface area contributed by atoms with E-state index in [9.17, 15) is 28.8 Å². The Balaban J connectivity index is 1.45. The van der Waals surface area contributed by atoms with Gasteiger partial charge in [-0.2, -0.15) is 0 Å². The molecular formula is C43H54N4O9. The summed E-state index contributed by atoms with van der Waals surface area (Å²) in [5.74, 6) is -2.75. The van der Waals surface area contributed by atoms with E-state index in [1.807, 2.05) is 30.3 Å². The molecule has 1 aliphatic heterocycles. The molecule has 300 valence electrons. The Kier molecular flexibility index (Phi) is 15.6. The predicted octanol–water partition coefficient (Wildman–Crippen LogP) is 5.78. The van der Waals surface area contributed by atoms with E-state index < -0.39 is 65.0 Å². The molecule has 0 spiro atoms. The maximum atomic E-state index is 14.3. The minimum atomic E-state index is -1.53. The van der Waals surface area contributed by atoms with E-state index in [1.54, 1.807) is 95.3 Å². The molecule has 0 saturated carbocycles. The highest BCUT2D eigenvalue weighted by Gasteiger charge is 2.42. The van der Waals surface area contributed by atoms with Crippen molar-refractivity contribution in [2.45, 2.75) is 109 Å². The Morgan fingerprint density at radius 1 is 0.804 bits per heavy atom. The third kappa shape index (κ3) is 12.7. The summed E-state index contributed by atoms with van der Waals surface area (Å²) in [4.78, 5) is 82.2. The summed E-state index contributed by atoms with van der Waals surface area (Å²) >= 11 is 0. The van der Waals surface area contributed by atoms with Crippen LogP contribution in [0.1, 0.15) is 101 Å². The lowest BCUT2D eigenvalue weighted by atomic mass is 9.94. The van der Waals surface area contributed by atoms with Crippen LogP contribution in [0.3, 0.4) is 0 Å². The topological polar surface area (TPSA) is 169 Å². The Bertz CT molecular complexity index is 1780. The number of hydrogen-bond acceptors (Lipinski definition) is 9. The summed E-state index contributed by atoms with van der Waals surface area (Å²) in [5.41, 5.74) is -0.620. The van der Waals surface area contributed by atoms with Crippen LogP contribution in [0.2, 0.25) is 0 Å². The van der Waals surface area contributed by atoms with E-state index in [4.69, 9.17) is 14.2 Å². The molecule has 3 aromatic carbocycles. The van der Waals surface area contributed by atoms with Gasteiger partial charge in [-0.25, -0.2) is 14.4 Å². The Labute approximate surface area is 328 Å². The molecule has 1 heterocycles. The van der Waals surface area contributed by atoms with Crippen LogP contribution in [0.4, 0.5) is 4.79 Å². The number of unbranched alkanes of at least 4 members (excludes halogenated alkanes) is 1. The van der Waals surface area contributed by atoms with Crippen molar-refractivity contribution in [2.75, 3.05) is 13.2 Å². The van der Waals surface area contributed by atoms with Crippen LogP contribution >= 0.6 is 0 Å². The van der Waals surface area contributed by atoms with Gasteiger partial charge >= 0.3 is 18.0 Å². The van der Waals surface area contributed by atoms with Crippen LogP contribution in [0.25, 0.3) is 0 Å². The SMILES string of the molecule is CC[C@](C)(NC(=O)[C@H](CCCCOC(=O)c1ccccc1)NC(=O)OC(C)(C)C)C(=O)N[C@H](C(=O)N1CCC[C@@H]1C(=O)OCc1ccccc1)c1ccccc1. The van der Waals surface area contributed by atoms with Crippen LogP contribution in [-0.2, 0) is 40.0 Å². The summed E-state index contributed by atoms with van der Waals surface area (Å²) in [6.07, 6.45) is 1.26. The summed E-state index contributed by atoms with van der Waals surface area (Å²) in [6.45, 7) is 8.82. The normalized spacial score (nSPS) is 16.0. The lowest BCUT2D eigenvalue weighted by Gasteiger charge is -2.34. The molecule has 13 nitrogen and oxygen atoms in total. The maximum absolute atomic E-state index is 14.3. The summed E-state index contributed by atoms with van der Waals surface area (Å²) in [7, 11) is 0. The fourth-order valence-electron chi connectivity index (χ4n) is 6.15. The first-order valence-corrected chi connectivity index (χ1v) is 19.1.